The highest BCUT2D eigenvalue weighted by atomic mass is 16.5. The van der Waals surface area contributed by atoms with Crippen LogP contribution in [0.5, 0.6) is 0 Å². The zero-order chi connectivity index (χ0) is 12.1. The number of rotatable bonds is 6. The van der Waals surface area contributed by atoms with Crippen molar-refractivity contribution in [2.75, 3.05) is 13.2 Å². The van der Waals surface area contributed by atoms with Gasteiger partial charge in [-0.05, 0) is 37.9 Å². The minimum Gasteiger partial charge on any atom is -0.464 e. The molecule has 0 aliphatic carbocycles. The summed E-state index contributed by atoms with van der Waals surface area (Å²) in [7, 11) is 0. The standard InChI is InChI=1S/C14H23NO2/c1-3-11-7-8-14(17-11)13(15-4-2)10-12-6-5-9-16-12/h7-8,12-13,15H,3-6,9-10H2,1-2H3. The third-order valence-corrected chi connectivity index (χ3v) is 3.35. The highest BCUT2D eigenvalue weighted by Crippen LogP contribution is 2.26. The largest absolute Gasteiger partial charge is 0.464 e. The van der Waals surface area contributed by atoms with Crippen LogP contribution in [0.4, 0.5) is 0 Å². The van der Waals surface area contributed by atoms with Crippen molar-refractivity contribution in [2.45, 2.75) is 51.7 Å². The SMILES string of the molecule is CCNC(CC1CCCO1)c1ccc(CC)o1. The Kier molecular flexibility index (Phi) is 4.63. The fraction of sp³-hybridized carbons (Fsp3) is 0.714. The summed E-state index contributed by atoms with van der Waals surface area (Å²) in [6.07, 6.45) is 4.75. The van der Waals surface area contributed by atoms with Gasteiger partial charge in [0.15, 0.2) is 0 Å². The van der Waals surface area contributed by atoms with Crippen LogP contribution < -0.4 is 5.32 Å². The maximum Gasteiger partial charge on any atom is 0.121 e. The Balaban J connectivity index is 1.99. The smallest absolute Gasteiger partial charge is 0.121 e. The Hall–Kier alpha value is -0.800. The van der Waals surface area contributed by atoms with E-state index in [0.29, 0.717) is 12.1 Å². The lowest BCUT2D eigenvalue weighted by Crippen LogP contribution is -2.24. The van der Waals surface area contributed by atoms with Gasteiger partial charge in [0.2, 0.25) is 0 Å². The molecular weight excluding hydrogens is 214 g/mol. The van der Waals surface area contributed by atoms with E-state index in [4.69, 9.17) is 9.15 Å². The monoisotopic (exact) mass is 237 g/mol. The normalized spacial score (nSPS) is 21.9. The highest BCUT2D eigenvalue weighted by molar-refractivity contribution is 5.11. The molecule has 1 aromatic heterocycles. The molecule has 0 bridgehead atoms. The van der Waals surface area contributed by atoms with Crippen molar-refractivity contribution < 1.29 is 9.15 Å². The lowest BCUT2D eigenvalue weighted by atomic mass is 10.0. The minimum atomic E-state index is 0.295. The van der Waals surface area contributed by atoms with Crippen LogP contribution in [0.25, 0.3) is 0 Å². The van der Waals surface area contributed by atoms with Gasteiger partial charge in [0, 0.05) is 13.0 Å². The molecule has 96 valence electrons. The van der Waals surface area contributed by atoms with Gasteiger partial charge in [-0.25, -0.2) is 0 Å². The van der Waals surface area contributed by atoms with Gasteiger partial charge in [-0.3, -0.25) is 0 Å². The van der Waals surface area contributed by atoms with E-state index in [1.807, 2.05) is 0 Å². The number of nitrogens with one attached hydrogen (secondary N) is 1. The van der Waals surface area contributed by atoms with Gasteiger partial charge in [-0.1, -0.05) is 13.8 Å². The van der Waals surface area contributed by atoms with Gasteiger partial charge < -0.3 is 14.5 Å². The van der Waals surface area contributed by atoms with Crippen LogP contribution in [0, 0.1) is 0 Å². The summed E-state index contributed by atoms with van der Waals surface area (Å²) in [5, 5.41) is 3.49. The summed E-state index contributed by atoms with van der Waals surface area (Å²) >= 11 is 0. The third kappa shape index (κ3) is 3.33. The van der Waals surface area contributed by atoms with Gasteiger partial charge in [0.05, 0.1) is 12.1 Å². The molecular formula is C14H23NO2. The maximum absolute atomic E-state index is 5.84. The first-order valence-corrected chi connectivity index (χ1v) is 6.77. The van der Waals surface area contributed by atoms with E-state index in [-0.39, 0.29) is 0 Å². The topological polar surface area (TPSA) is 34.4 Å². The number of hydrogen-bond acceptors (Lipinski definition) is 3. The van der Waals surface area contributed by atoms with Crippen molar-refractivity contribution in [3.8, 4) is 0 Å². The van der Waals surface area contributed by atoms with Gasteiger partial charge in [0.25, 0.3) is 0 Å². The van der Waals surface area contributed by atoms with Crippen LogP contribution in [-0.4, -0.2) is 19.3 Å². The zero-order valence-corrected chi connectivity index (χ0v) is 10.9. The number of aryl methyl sites for hydroxylation is 1. The van der Waals surface area contributed by atoms with E-state index in [1.54, 1.807) is 0 Å². The number of ether oxygens (including phenoxy) is 1. The Bertz CT molecular complexity index is 329. The second kappa shape index (κ2) is 6.22. The molecule has 2 rings (SSSR count). The molecule has 2 atom stereocenters. The van der Waals surface area contributed by atoms with Gasteiger partial charge in [-0.2, -0.15) is 0 Å². The first-order chi connectivity index (χ1) is 8.33. The van der Waals surface area contributed by atoms with Crippen molar-refractivity contribution in [3.63, 3.8) is 0 Å². The molecule has 1 N–H and O–H groups in total. The molecule has 2 unspecified atom stereocenters. The van der Waals surface area contributed by atoms with E-state index in [1.165, 1.54) is 12.8 Å². The minimum absolute atomic E-state index is 0.295. The third-order valence-electron chi connectivity index (χ3n) is 3.35. The first-order valence-electron chi connectivity index (χ1n) is 6.77. The molecule has 0 aromatic carbocycles. The average molecular weight is 237 g/mol. The highest BCUT2D eigenvalue weighted by Gasteiger charge is 2.23. The lowest BCUT2D eigenvalue weighted by molar-refractivity contribution is 0.0921. The van der Waals surface area contributed by atoms with Crippen LogP contribution in [0.3, 0.4) is 0 Å². The molecule has 0 spiro atoms. The Morgan fingerprint density at radius 3 is 2.88 bits per heavy atom. The molecule has 1 aliphatic heterocycles. The summed E-state index contributed by atoms with van der Waals surface area (Å²) in [6.45, 7) is 6.12. The molecule has 0 saturated carbocycles. The number of hydrogen-bond donors (Lipinski definition) is 1. The van der Waals surface area contributed by atoms with Crippen LogP contribution in [0.2, 0.25) is 0 Å². The Morgan fingerprint density at radius 2 is 2.29 bits per heavy atom. The van der Waals surface area contributed by atoms with E-state index in [2.05, 4.69) is 31.3 Å². The predicted molar refractivity (Wildman–Crippen MR) is 68.1 cm³/mol. The van der Waals surface area contributed by atoms with E-state index in [9.17, 15) is 0 Å². The molecule has 2 heterocycles. The zero-order valence-electron chi connectivity index (χ0n) is 10.9. The van der Waals surface area contributed by atoms with Gasteiger partial charge >= 0.3 is 0 Å². The molecule has 0 radical (unpaired) electrons. The van der Waals surface area contributed by atoms with Crippen LogP contribution in [0.1, 0.15) is 50.7 Å². The van der Waals surface area contributed by atoms with E-state index >= 15 is 0 Å². The quantitative estimate of drug-likeness (QED) is 0.825. The van der Waals surface area contributed by atoms with Gasteiger partial charge in [0.1, 0.15) is 11.5 Å². The fourth-order valence-electron chi connectivity index (χ4n) is 2.41. The molecule has 1 saturated heterocycles. The van der Waals surface area contributed by atoms with Crippen LogP contribution in [-0.2, 0) is 11.2 Å². The second-order valence-electron chi connectivity index (χ2n) is 4.64. The molecule has 1 aliphatic rings. The predicted octanol–water partition coefficient (Wildman–Crippen LogP) is 3.06. The van der Waals surface area contributed by atoms with Crippen LogP contribution in [0.15, 0.2) is 16.5 Å². The summed E-state index contributed by atoms with van der Waals surface area (Å²) in [5.74, 6) is 2.12. The maximum atomic E-state index is 5.84. The summed E-state index contributed by atoms with van der Waals surface area (Å²) in [4.78, 5) is 0. The number of furan rings is 1. The van der Waals surface area contributed by atoms with Crippen molar-refractivity contribution in [1.29, 1.82) is 0 Å². The van der Waals surface area contributed by atoms with Gasteiger partial charge in [-0.15, -0.1) is 0 Å². The first kappa shape index (κ1) is 12.7. The molecule has 1 fully saturated rings. The van der Waals surface area contributed by atoms with Crippen LogP contribution >= 0.6 is 0 Å². The second-order valence-corrected chi connectivity index (χ2v) is 4.64. The van der Waals surface area contributed by atoms with Crippen molar-refractivity contribution >= 4 is 0 Å². The summed E-state index contributed by atoms with van der Waals surface area (Å²) < 4.78 is 11.5. The summed E-state index contributed by atoms with van der Waals surface area (Å²) in [5.41, 5.74) is 0. The lowest BCUT2D eigenvalue weighted by Gasteiger charge is -2.19. The molecule has 3 nitrogen and oxygen atoms in total. The van der Waals surface area contributed by atoms with Crippen molar-refractivity contribution in [1.82, 2.24) is 5.32 Å². The molecule has 0 amide bonds. The Morgan fingerprint density at radius 1 is 1.41 bits per heavy atom. The molecule has 17 heavy (non-hydrogen) atoms. The fourth-order valence-corrected chi connectivity index (χ4v) is 2.41. The molecule has 3 heteroatoms. The molecule has 1 aromatic rings. The average Bonchev–Trinajstić information content (AvgIpc) is 2.99. The van der Waals surface area contributed by atoms with E-state index in [0.717, 1.165) is 37.5 Å². The van der Waals surface area contributed by atoms with Crippen molar-refractivity contribution in [3.05, 3.63) is 23.7 Å². The van der Waals surface area contributed by atoms with Crippen molar-refractivity contribution in [2.24, 2.45) is 0 Å². The summed E-state index contributed by atoms with van der Waals surface area (Å²) in [6, 6.07) is 4.47. The van der Waals surface area contributed by atoms with E-state index < -0.39 is 0 Å². The Labute approximate surface area is 104 Å².